The second kappa shape index (κ2) is 15.5. The maximum absolute atomic E-state index is 12.9. The molecular weight excluding hydrogens is 639 g/mol. The van der Waals surface area contributed by atoms with Crippen molar-refractivity contribution in [3.63, 3.8) is 0 Å². The van der Waals surface area contributed by atoms with Gasteiger partial charge in [0.05, 0.1) is 10.0 Å². The van der Waals surface area contributed by atoms with E-state index in [2.05, 4.69) is 31.1 Å². The van der Waals surface area contributed by atoms with E-state index < -0.39 is 35.5 Å². The number of amides is 2. The minimum absolute atomic E-state index is 0.229. The fourth-order valence-electron chi connectivity index (χ4n) is 4.48. The molecule has 47 heavy (non-hydrogen) atoms. The lowest BCUT2D eigenvalue weighted by molar-refractivity contribution is -0.127. The largest absolute Gasteiger partial charge is 0.324 e. The van der Waals surface area contributed by atoms with Gasteiger partial charge in [-0.2, -0.15) is 20.5 Å². The van der Waals surface area contributed by atoms with Crippen molar-refractivity contribution in [3.8, 4) is 11.1 Å². The number of para-hydroxylation sites is 1. The van der Waals surface area contributed by atoms with E-state index in [-0.39, 0.29) is 21.4 Å². The smallest absolute Gasteiger partial charge is 0.258 e. The van der Waals surface area contributed by atoms with Gasteiger partial charge in [0, 0.05) is 11.4 Å². The van der Waals surface area contributed by atoms with E-state index >= 15 is 0 Å². The van der Waals surface area contributed by atoms with Crippen LogP contribution in [0.5, 0.6) is 0 Å². The second-order valence-electron chi connectivity index (χ2n) is 10.9. The number of carbonyl (C=O) groups excluding carboxylic acids is 4. The van der Waals surface area contributed by atoms with Crippen molar-refractivity contribution in [2.24, 2.45) is 20.5 Å². The molecule has 12 heteroatoms. The molecular formula is C35H32Cl2N6O4. The minimum atomic E-state index is -1.36. The Kier molecular flexibility index (Phi) is 11.5. The van der Waals surface area contributed by atoms with Crippen LogP contribution in [0.4, 0.5) is 22.7 Å². The fourth-order valence-corrected chi connectivity index (χ4v) is 4.92. The first kappa shape index (κ1) is 34.8. The molecule has 4 aromatic rings. The van der Waals surface area contributed by atoms with Crippen molar-refractivity contribution in [1.29, 1.82) is 0 Å². The zero-order valence-electron chi connectivity index (χ0n) is 26.3. The van der Waals surface area contributed by atoms with Gasteiger partial charge >= 0.3 is 0 Å². The lowest BCUT2D eigenvalue weighted by atomic mass is 10.0. The normalized spacial score (nSPS) is 12.6. The average molecular weight is 672 g/mol. The summed E-state index contributed by atoms with van der Waals surface area (Å²) in [7, 11) is 0. The van der Waals surface area contributed by atoms with Crippen LogP contribution in [-0.2, 0) is 19.2 Å². The van der Waals surface area contributed by atoms with Gasteiger partial charge in [-0.25, -0.2) is 0 Å². The number of nitrogens with one attached hydrogen (secondary N) is 2. The number of ketones is 2. The number of hydrogen-bond donors (Lipinski definition) is 2. The topological polar surface area (TPSA) is 142 Å². The van der Waals surface area contributed by atoms with Gasteiger partial charge in [0.2, 0.25) is 12.1 Å². The Labute approximate surface area is 282 Å². The SMILES string of the molecule is CC(=O)[C@@H](N=Nc1ccc(-c2ccc(N=N[C@@H](C(C)=O)C(=O)Nc3ccc(C)cc3C)c(Cl)c2)cc1Cl)C(=O)Nc1ccccc1C. The molecule has 0 aromatic heterocycles. The van der Waals surface area contributed by atoms with E-state index in [4.69, 9.17) is 23.2 Å². The minimum Gasteiger partial charge on any atom is -0.324 e. The Morgan fingerprint density at radius 1 is 0.596 bits per heavy atom. The van der Waals surface area contributed by atoms with Crippen LogP contribution < -0.4 is 10.6 Å². The molecule has 2 atom stereocenters. The first-order chi connectivity index (χ1) is 22.3. The number of rotatable bonds is 11. The van der Waals surface area contributed by atoms with Crippen molar-refractivity contribution in [1.82, 2.24) is 0 Å². The standard InChI is InChI=1S/C35H32Cl2N6O4/c1-19-10-13-29(21(3)16-19)39-35(47)33(23(5)45)43-41-31-15-12-25(18-27(31)37)24-11-14-30(26(36)17-24)40-42-32(22(4)44)34(46)38-28-9-7-6-8-20(28)2/h6-18,32-33H,1-5H3,(H,38,46)(H,39,47)/t32-,33+/m1/s1. The van der Waals surface area contributed by atoms with Crippen molar-refractivity contribution >= 4 is 69.3 Å². The monoisotopic (exact) mass is 670 g/mol. The van der Waals surface area contributed by atoms with Crippen LogP contribution in [0.3, 0.4) is 0 Å². The van der Waals surface area contributed by atoms with E-state index in [0.717, 1.165) is 16.7 Å². The lowest BCUT2D eigenvalue weighted by Gasteiger charge is -2.12. The summed E-state index contributed by atoms with van der Waals surface area (Å²) in [6, 6.07) is 20.0. The molecule has 0 spiro atoms. The quantitative estimate of drug-likeness (QED) is 0.121. The molecule has 4 aromatic carbocycles. The Bertz CT molecular complexity index is 1920. The predicted molar refractivity (Wildman–Crippen MR) is 184 cm³/mol. The highest BCUT2D eigenvalue weighted by Crippen LogP contribution is 2.35. The van der Waals surface area contributed by atoms with Crippen LogP contribution in [0.25, 0.3) is 11.1 Å². The Balaban J connectivity index is 1.47. The summed E-state index contributed by atoms with van der Waals surface area (Å²) in [5, 5.41) is 22.1. The molecule has 0 saturated carbocycles. The van der Waals surface area contributed by atoms with Gasteiger partial charge in [0.25, 0.3) is 11.8 Å². The summed E-state index contributed by atoms with van der Waals surface area (Å²) in [5.74, 6) is -2.16. The van der Waals surface area contributed by atoms with Crippen molar-refractivity contribution in [2.45, 2.75) is 46.7 Å². The van der Waals surface area contributed by atoms with E-state index in [0.29, 0.717) is 22.5 Å². The van der Waals surface area contributed by atoms with Gasteiger partial charge in [-0.05, 0) is 93.3 Å². The van der Waals surface area contributed by atoms with Gasteiger partial charge in [-0.1, -0.05) is 71.2 Å². The van der Waals surface area contributed by atoms with E-state index in [1.165, 1.54) is 13.8 Å². The summed E-state index contributed by atoms with van der Waals surface area (Å²) in [6.45, 7) is 8.17. The van der Waals surface area contributed by atoms with Crippen molar-refractivity contribution in [3.05, 3.63) is 106 Å². The number of aryl methyl sites for hydroxylation is 3. The molecule has 0 radical (unpaired) electrons. The molecule has 0 aliphatic heterocycles. The molecule has 0 aliphatic rings. The number of hydrogen-bond acceptors (Lipinski definition) is 8. The van der Waals surface area contributed by atoms with Gasteiger partial charge in [0.1, 0.15) is 11.4 Å². The summed E-state index contributed by atoms with van der Waals surface area (Å²) in [5.41, 5.74) is 5.79. The third kappa shape index (κ3) is 9.02. The number of carbonyl (C=O) groups is 4. The number of nitrogens with zero attached hydrogens (tertiary/aromatic N) is 4. The Morgan fingerprint density at radius 3 is 1.49 bits per heavy atom. The highest BCUT2D eigenvalue weighted by atomic mass is 35.5. The van der Waals surface area contributed by atoms with Gasteiger partial charge in [-0.3, -0.25) is 19.2 Å². The number of halogens is 2. The molecule has 0 aliphatic carbocycles. The molecule has 0 unspecified atom stereocenters. The number of anilines is 2. The molecule has 2 amide bonds. The fraction of sp³-hybridized carbons (Fsp3) is 0.200. The molecule has 4 rings (SSSR count). The number of azo groups is 2. The Morgan fingerprint density at radius 2 is 1.06 bits per heavy atom. The highest BCUT2D eigenvalue weighted by molar-refractivity contribution is 6.34. The van der Waals surface area contributed by atoms with Crippen LogP contribution in [-0.4, -0.2) is 35.5 Å². The number of benzene rings is 4. The molecule has 240 valence electrons. The Hall–Kier alpha value is -5.06. The number of Topliss-reactive ketones (excluding diaryl/α,β-unsaturated/α-hetero) is 2. The summed E-state index contributed by atoms with van der Waals surface area (Å²) in [6.07, 6.45) is 0. The second-order valence-corrected chi connectivity index (χ2v) is 11.7. The summed E-state index contributed by atoms with van der Waals surface area (Å²) < 4.78 is 0. The summed E-state index contributed by atoms with van der Waals surface area (Å²) in [4.78, 5) is 50.1. The molecule has 0 saturated heterocycles. The summed E-state index contributed by atoms with van der Waals surface area (Å²) >= 11 is 13.0. The van der Waals surface area contributed by atoms with Gasteiger partial charge in [0.15, 0.2) is 11.6 Å². The van der Waals surface area contributed by atoms with E-state index in [9.17, 15) is 19.2 Å². The molecule has 0 heterocycles. The molecule has 0 bridgehead atoms. The molecule has 2 N–H and O–H groups in total. The molecule has 0 fully saturated rings. The third-order valence-corrected chi connectivity index (χ3v) is 7.71. The average Bonchev–Trinajstić information content (AvgIpc) is 3.01. The van der Waals surface area contributed by atoms with Crippen LogP contribution in [0.2, 0.25) is 10.0 Å². The highest BCUT2D eigenvalue weighted by Gasteiger charge is 2.25. The zero-order chi connectivity index (χ0) is 34.2. The van der Waals surface area contributed by atoms with Gasteiger partial charge < -0.3 is 10.6 Å². The van der Waals surface area contributed by atoms with E-state index in [1.807, 2.05) is 45.0 Å². The first-order valence-corrected chi connectivity index (χ1v) is 15.3. The lowest BCUT2D eigenvalue weighted by Crippen LogP contribution is -2.32. The maximum atomic E-state index is 12.9. The van der Waals surface area contributed by atoms with Crippen LogP contribution in [0.15, 0.2) is 99.3 Å². The predicted octanol–water partition coefficient (Wildman–Crippen LogP) is 8.95. The van der Waals surface area contributed by atoms with Gasteiger partial charge in [-0.15, -0.1) is 0 Å². The van der Waals surface area contributed by atoms with Crippen molar-refractivity contribution in [2.75, 3.05) is 10.6 Å². The van der Waals surface area contributed by atoms with Crippen LogP contribution in [0.1, 0.15) is 30.5 Å². The van der Waals surface area contributed by atoms with Crippen molar-refractivity contribution < 1.29 is 19.2 Å². The zero-order valence-corrected chi connectivity index (χ0v) is 27.8. The van der Waals surface area contributed by atoms with Crippen LogP contribution >= 0.6 is 23.2 Å². The third-order valence-electron chi connectivity index (χ3n) is 7.10. The maximum Gasteiger partial charge on any atom is 0.258 e. The molecule has 10 nitrogen and oxygen atoms in total. The van der Waals surface area contributed by atoms with Crippen LogP contribution in [0, 0.1) is 20.8 Å². The first-order valence-electron chi connectivity index (χ1n) is 14.5. The van der Waals surface area contributed by atoms with E-state index in [1.54, 1.807) is 54.6 Å².